The van der Waals surface area contributed by atoms with Crippen molar-refractivity contribution in [2.24, 2.45) is 5.84 Å². The molecule has 3 N–H and O–H groups in total. The molecule has 0 bridgehead atoms. The van der Waals surface area contributed by atoms with Crippen LogP contribution < -0.4 is 11.3 Å². The van der Waals surface area contributed by atoms with Crippen molar-refractivity contribution < 1.29 is 4.79 Å². The van der Waals surface area contributed by atoms with Gasteiger partial charge in [-0.15, -0.1) is 0 Å². The Morgan fingerprint density at radius 1 is 1.38 bits per heavy atom. The highest BCUT2D eigenvalue weighted by atomic mass is 16.2. The first-order valence-electron chi connectivity index (χ1n) is 7.67. The Labute approximate surface area is 127 Å². The van der Waals surface area contributed by atoms with Crippen LogP contribution >= 0.6 is 0 Å². The zero-order valence-corrected chi connectivity index (χ0v) is 13.0. The van der Waals surface area contributed by atoms with Gasteiger partial charge in [-0.2, -0.15) is 0 Å². The molecule has 1 unspecified atom stereocenters. The van der Waals surface area contributed by atoms with E-state index in [0.29, 0.717) is 11.6 Å². The number of nitrogen functional groups attached to an aromatic ring is 1. The van der Waals surface area contributed by atoms with E-state index in [-0.39, 0.29) is 5.91 Å². The molecule has 1 atom stereocenters. The molecular formula is C16H26N4O. The summed E-state index contributed by atoms with van der Waals surface area (Å²) in [6.07, 6.45) is 2.29. The second kappa shape index (κ2) is 7.54. The largest absolute Gasteiger partial charge is 0.305 e. The van der Waals surface area contributed by atoms with Gasteiger partial charge in [-0.1, -0.05) is 25.1 Å². The lowest BCUT2D eigenvalue weighted by atomic mass is 10.0. The number of hydrogen-bond acceptors (Lipinski definition) is 4. The molecule has 1 fully saturated rings. The Balaban J connectivity index is 2.18. The molecule has 21 heavy (non-hydrogen) atoms. The van der Waals surface area contributed by atoms with E-state index in [0.717, 1.165) is 44.6 Å². The van der Waals surface area contributed by atoms with Gasteiger partial charge in [-0.05, 0) is 38.1 Å². The van der Waals surface area contributed by atoms with Crippen LogP contribution in [0.3, 0.4) is 0 Å². The van der Waals surface area contributed by atoms with E-state index >= 15 is 0 Å². The number of nitrogens with one attached hydrogen (secondary N) is 1. The Kier molecular flexibility index (Phi) is 5.73. The molecular weight excluding hydrogens is 264 g/mol. The number of nitrogens with zero attached hydrogens (tertiary/aromatic N) is 2. The van der Waals surface area contributed by atoms with Gasteiger partial charge in [0.1, 0.15) is 0 Å². The first-order chi connectivity index (χ1) is 10.2. The molecule has 5 nitrogen and oxygen atoms in total. The van der Waals surface area contributed by atoms with Crippen LogP contribution in [0.1, 0.15) is 35.7 Å². The van der Waals surface area contributed by atoms with E-state index in [1.807, 2.05) is 24.3 Å². The van der Waals surface area contributed by atoms with Crippen molar-refractivity contribution in [1.82, 2.24) is 15.2 Å². The summed E-state index contributed by atoms with van der Waals surface area (Å²) in [4.78, 5) is 16.8. The zero-order valence-electron chi connectivity index (χ0n) is 13.0. The van der Waals surface area contributed by atoms with Gasteiger partial charge in [-0.3, -0.25) is 15.1 Å². The molecule has 2 rings (SSSR count). The summed E-state index contributed by atoms with van der Waals surface area (Å²) >= 11 is 0. The summed E-state index contributed by atoms with van der Waals surface area (Å²) in [6, 6.07) is 8.25. The molecule has 1 heterocycles. The maximum atomic E-state index is 11.9. The van der Waals surface area contributed by atoms with Gasteiger partial charge in [0, 0.05) is 31.2 Å². The third-order valence-corrected chi connectivity index (χ3v) is 4.26. The van der Waals surface area contributed by atoms with E-state index in [2.05, 4.69) is 29.2 Å². The first-order valence-corrected chi connectivity index (χ1v) is 7.67. The second-order valence-corrected chi connectivity index (χ2v) is 5.78. The highest BCUT2D eigenvalue weighted by molar-refractivity contribution is 5.95. The molecule has 0 aliphatic carbocycles. The van der Waals surface area contributed by atoms with Crippen molar-refractivity contribution >= 4 is 5.91 Å². The molecule has 0 radical (unpaired) electrons. The Morgan fingerprint density at radius 2 is 2.14 bits per heavy atom. The maximum Gasteiger partial charge on any atom is 0.265 e. The third kappa shape index (κ3) is 4.03. The number of hydrazine groups is 1. The van der Waals surface area contributed by atoms with Crippen molar-refractivity contribution in [3.8, 4) is 0 Å². The average molecular weight is 290 g/mol. The molecule has 1 saturated heterocycles. The zero-order chi connectivity index (χ0) is 15.2. The summed E-state index contributed by atoms with van der Waals surface area (Å²) < 4.78 is 0. The Bertz CT molecular complexity index is 477. The molecule has 0 aromatic heterocycles. The highest BCUT2D eigenvalue weighted by Gasteiger charge is 2.23. The lowest BCUT2D eigenvalue weighted by Crippen LogP contribution is -2.40. The van der Waals surface area contributed by atoms with Gasteiger partial charge in [0.25, 0.3) is 5.91 Å². The molecule has 1 aromatic rings. The standard InChI is InChI=1S/C16H26N4O/c1-3-14-12-19(2)9-6-10-20(14)11-13-7-4-5-8-15(13)16(21)18-17/h4-5,7-8,14H,3,6,9-12,17H2,1-2H3,(H,18,21). The van der Waals surface area contributed by atoms with E-state index < -0.39 is 0 Å². The normalized spacial score (nSPS) is 21.0. The van der Waals surface area contributed by atoms with Crippen LogP contribution in [0.15, 0.2) is 24.3 Å². The molecule has 1 aliphatic rings. The quantitative estimate of drug-likeness (QED) is 0.497. The first kappa shape index (κ1) is 15.9. The van der Waals surface area contributed by atoms with E-state index in [9.17, 15) is 4.79 Å². The fraction of sp³-hybridized carbons (Fsp3) is 0.562. The van der Waals surface area contributed by atoms with Crippen molar-refractivity contribution in [1.29, 1.82) is 0 Å². The van der Waals surface area contributed by atoms with Gasteiger partial charge in [-0.25, -0.2) is 5.84 Å². The predicted molar refractivity (Wildman–Crippen MR) is 84.7 cm³/mol. The maximum absolute atomic E-state index is 11.9. The van der Waals surface area contributed by atoms with Crippen LogP contribution in [0, 0.1) is 0 Å². The average Bonchev–Trinajstić information content (AvgIpc) is 2.68. The highest BCUT2D eigenvalue weighted by Crippen LogP contribution is 2.18. The van der Waals surface area contributed by atoms with E-state index in [1.54, 1.807) is 0 Å². The van der Waals surface area contributed by atoms with Crippen LogP contribution in [-0.2, 0) is 6.54 Å². The summed E-state index contributed by atoms with van der Waals surface area (Å²) in [6.45, 7) is 6.33. The van der Waals surface area contributed by atoms with Crippen LogP contribution in [0.25, 0.3) is 0 Å². The van der Waals surface area contributed by atoms with Crippen LogP contribution in [0.5, 0.6) is 0 Å². The van der Waals surface area contributed by atoms with Gasteiger partial charge in [0.05, 0.1) is 0 Å². The smallest absolute Gasteiger partial charge is 0.265 e. The second-order valence-electron chi connectivity index (χ2n) is 5.78. The minimum Gasteiger partial charge on any atom is -0.305 e. The van der Waals surface area contributed by atoms with Crippen molar-refractivity contribution in [2.75, 3.05) is 26.7 Å². The minimum absolute atomic E-state index is 0.217. The monoisotopic (exact) mass is 290 g/mol. The number of hydrogen-bond donors (Lipinski definition) is 2. The molecule has 1 amide bonds. The molecule has 0 saturated carbocycles. The minimum atomic E-state index is -0.217. The number of amides is 1. The fourth-order valence-corrected chi connectivity index (χ4v) is 3.06. The SMILES string of the molecule is CCC1CN(C)CCCN1Cc1ccccc1C(=O)NN. The summed E-state index contributed by atoms with van der Waals surface area (Å²) in [7, 11) is 2.18. The summed E-state index contributed by atoms with van der Waals surface area (Å²) in [5.74, 6) is 5.07. The molecule has 116 valence electrons. The number of benzene rings is 1. The third-order valence-electron chi connectivity index (χ3n) is 4.26. The van der Waals surface area contributed by atoms with Crippen molar-refractivity contribution in [3.05, 3.63) is 35.4 Å². The van der Waals surface area contributed by atoms with Crippen LogP contribution in [0.4, 0.5) is 0 Å². The van der Waals surface area contributed by atoms with Gasteiger partial charge in [0.15, 0.2) is 0 Å². The number of likely N-dealkylation sites (N-methyl/N-ethyl adjacent to an activating group) is 1. The lowest BCUT2D eigenvalue weighted by Gasteiger charge is -2.30. The Morgan fingerprint density at radius 3 is 2.86 bits per heavy atom. The molecule has 1 aliphatic heterocycles. The number of carbonyl (C=O) groups excluding carboxylic acids is 1. The van der Waals surface area contributed by atoms with Crippen molar-refractivity contribution in [2.45, 2.75) is 32.4 Å². The van der Waals surface area contributed by atoms with Crippen molar-refractivity contribution in [3.63, 3.8) is 0 Å². The molecule has 0 spiro atoms. The lowest BCUT2D eigenvalue weighted by molar-refractivity contribution is 0.0950. The van der Waals surface area contributed by atoms with Gasteiger partial charge in [0.2, 0.25) is 0 Å². The Hall–Kier alpha value is -1.43. The van der Waals surface area contributed by atoms with E-state index in [1.165, 1.54) is 0 Å². The number of nitrogens with two attached hydrogens (primary N) is 1. The predicted octanol–water partition coefficient (Wildman–Crippen LogP) is 1.21. The topological polar surface area (TPSA) is 61.6 Å². The fourth-order valence-electron chi connectivity index (χ4n) is 3.06. The summed E-state index contributed by atoms with van der Waals surface area (Å²) in [5.41, 5.74) is 3.96. The van der Waals surface area contributed by atoms with Gasteiger partial charge >= 0.3 is 0 Å². The van der Waals surface area contributed by atoms with E-state index in [4.69, 9.17) is 5.84 Å². The molecule has 1 aromatic carbocycles. The molecule has 5 heteroatoms. The summed E-state index contributed by atoms with van der Waals surface area (Å²) in [5, 5.41) is 0. The number of rotatable bonds is 4. The van der Waals surface area contributed by atoms with Crippen LogP contribution in [0.2, 0.25) is 0 Å². The number of carbonyl (C=O) groups is 1. The van der Waals surface area contributed by atoms with Gasteiger partial charge < -0.3 is 4.90 Å². The van der Waals surface area contributed by atoms with Crippen LogP contribution in [-0.4, -0.2) is 48.4 Å².